The summed E-state index contributed by atoms with van der Waals surface area (Å²) in [6.45, 7) is 2.66. The van der Waals surface area contributed by atoms with E-state index >= 15 is 0 Å². The maximum absolute atomic E-state index is 8.91. The van der Waals surface area contributed by atoms with Crippen molar-refractivity contribution < 1.29 is 5.11 Å². The molecule has 0 bridgehead atoms. The van der Waals surface area contributed by atoms with Crippen molar-refractivity contribution in [2.75, 3.05) is 11.9 Å². The molecule has 1 aromatic carbocycles. The number of rotatable bonds is 5. The highest BCUT2D eigenvalue weighted by Crippen LogP contribution is 2.22. The number of nitrogens with one attached hydrogen (secondary N) is 1. The Labute approximate surface area is 123 Å². The van der Waals surface area contributed by atoms with Gasteiger partial charge in [0, 0.05) is 13.2 Å². The number of aryl methyl sites for hydroxylation is 1. The quantitative estimate of drug-likeness (QED) is 0.751. The molecule has 0 fully saturated rings. The van der Waals surface area contributed by atoms with Gasteiger partial charge in [-0.2, -0.15) is 5.10 Å². The van der Waals surface area contributed by atoms with E-state index < -0.39 is 0 Å². The Morgan fingerprint density at radius 1 is 1.33 bits per heavy atom. The molecule has 21 heavy (non-hydrogen) atoms. The first kappa shape index (κ1) is 13.6. The van der Waals surface area contributed by atoms with Crippen molar-refractivity contribution in [3.63, 3.8) is 0 Å². The minimum absolute atomic E-state index is 0.0641. The van der Waals surface area contributed by atoms with Crippen LogP contribution in [0.5, 0.6) is 0 Å². The highest BCUT2D eigenvalue weighted by molar-refractivity contribution is 5.76. The number of nitrogens with zero attached hydrogens (tertiary/aromatic N) is 4. The average Bonchev–Trinajstić information content (AvgIpc) is 3.05. The summed E-state index contributed by atoms with van der Waals surface area (Å²) in [6, 6.07) is 8.16. The van der Waals surface area contributed by atoms with Gasteiger partial charge < -0.3 is 15.0 Å². The van der Waals surface area contributed by atoms with Crippen molar-refractivity contribution in [2.45, 2.75) is 19.5 Å². The van der Waals surface area contributed by atoms with Gasteiger partial charge in [-0.15, -0.1) is 0 Å². The maximum atomic E-state index is 8.91. The number of aromatic nitrogens is 4. The number of imidazole rings is 1. The highest BCUT2D eigenvalue weighted by Gasteiger charge is 2.14. The number of hydrogen-bond acceptors (Lipinski definition) is 4. The van der Waals surface area contributed by atoms with Crippen LogP contribution in [-0.2, 0) is 13.6 Å². The first-order chi connectivity index (χ1) is 10.2. The van der Waals surface area contributed by atoms with Gasteiger partial charge in [0.2, 0.25) is 0 Å². The largest absolute Gasteiger partial charge is 0.394 e. The lowest BCUT2D eigenvalue weighted by molar-refractivity contribution is 0.269. The zero-order chi connectivity index (χ0) is 14.8. The monoisotopic (exact) mass is 285 g/mol. The van der Waals surface area contributed by atoms with Gasteiger partial charge in [0.1, 0.15) is 5.82 Å². The topological polar surface area (TPSA) is 67.9 Å². The molecule has 2 aromatic heterocycles. The number of aliphatic hydroxyl groups excluding tert-OH is 1. The molecule has 3 rings (SSSR count). The molecule has 0 aliphatic rings. The van der Waals surface area contributed by atoms with Crippen LogP contribution in [0.25, 0.3) is 11.0 Å². The van der Waals surface area contributed by atoms with Gasteiger partial charge in [-0.3, -0.25) is 4.68 Å². The standard InChI is InChI=1S/C15H19N5O/c1-11(17-12-9-16-20(10-12)7-8-21)15-18-13-5-3-4-6-14(13)19(15)2/h3-6,9-11,17,21H,7-8H2,1-2H3. The molecular weight excluding hydrogens is 266 g/mol. The smallest absolute Gasteiger partial charge is 0.131 e. The molecule has 0 saturated heterocycles. The molecule has 0 aliphatic carbocycles. The molecule has 0 aliphatic heterocycles. The summed E-state index contributed by atoms with van der Waals surface area (Å²) in [5.74, 6) is 0.978. The van der Waals surface area contributed by atoms with Crippen LogP contribution in [0.2, 0.25) is 0 Å². The van der Waals surface area contributed by atoms with Gasteiger partial charge in [-0.25, -0.2) is 4.98 Å². The number of aliphatic hydroxyl groups is 1. The summed E-state index contributed by atoms with van der Waals surface area (Å²) < 4.78 is 3.81. The molecule has 1 atom stereocenters. The second kappa shape index (κ2) is 5.57. The lowest BCUT2D eigenvalue weighted by Gasteiger charge is -2.13. The molecule has 0 spiro atoms. The van der Waals surface area contributed by atoms with Crippen molar-refractivity contribution in [3.05, 3.63) is 42.5 Å². The second-order valence-corrected chi connectivity index (χ2v) is 5.10. The van der Waals surface area contributed by atoms with E-state index in [1.54, 1.807) is 10.9 Å². The molecule has 6 nitrogen and oxygen atoms in total. The van der Waals surface area contributed by atoms with Crippen LogP contribution in [0.4, 0.5) is 5.69 Å². The summed E-state index contributed by atoms with van der Waals surface area (Å²) >= 11 is 0. The van der Waals surface area contributed by atoms with Gasteiger partial charge in [0.25, 0.3) is 0 Å². The van der Waals surface area contributed by atoms with Gasteiger partial charge in [-0.1, -0.05) is 12.1 Å². The van der Waals surface area contributed by atoms with Crippen LogP contribution in [0.15, 0.2) is 36.7 Å². The van der Waals surface area contributed by atoms with Crippen molar-refractivity contribution in [1.29, 1.82) is 0 Å². The highest BCUT2D eigenvalue weighted by atomic mass is 16.3. The number of benzene rings is 1. The first-order valence-corrected chi connectivity index (χ1v) is 7.00. The zero-order valence-electron chi connectivity index (χ0n) is 12.2. The summed E-state index contributed by atoms with van der Waals surface area (Å²) in [7, 11) is 2.03. The van der Waals surface area contributed by atoms with E-state index in [1.807, 2.05) is 31.4 Å². The lowest BCUT2D eigenvalue weighted by atomic mass is 10.3. The SMILES string of the molecule is CC(Nc1cnn(CCO)c1)c1nc2ccccc2n1C. The summed E-state index contributed by atoms with van der Waals surface area (Å²) in [4.78, 5) is 4.68. The molecule has 0 saturated carbocycles. The van der Waals surface area contributed by atoms with Crippen molar-refractivity contribution in [3.8, 4) is 0 Å². The average molecular weight is 285 g/mol. The maximum Gasteiger partial charge on any atom is 0.131 e. The predicted octanol–water partition coefficient (Wildman–Crippen LogP) is 1.94. The Balaban J connectivity index is 1.82. The van der Waals surface area contributed by atoms with E-state index in [-0.39, 0.29) is 12.6 Å². The van der Waals surface area contributed by atoms with Crippen molar-refractivity contribution >= 4 is 16.7 Å². The van der Waals surface area contributed by atoms with E-state index in [9.17, 15) is 0 Å². The Bertz CT molecular complexity index is 745. The van der Waals surface area contributed by atoms with Crippen LogP contribution in [0.1, 0.15) is 18.8 Å². The van der Waals surface area contributed by atoms with Gasteiger partial charge in [0.15, 0.2) is 0 Å². The van der Waals surface area contributed by atoms with E-state index in [1.165, 1.54) is 0 Å². The Kier molecular flexibility index (Phi) is 3.62. The Morgan fingerprint density at radius 2 is 2.14 bits per heavy atom. The molecule has 2 heterocycles. The Hall–Kier alpha value is -2.34. The molecule has 0 radical (unpaired) electrons. The molecule has 3 aromatic rings. The second-order valence-electron chi connectivity index (χ2n) is 5.10. The zero-order valence-corrected chi connectivity index (χ0v) is 12.2. The third-order valence-electron chi connectivity index (χ3n) is 3.55. The predicted molar refractivity (Wildman–Crippen MR) is 82.1 cm³/mol. The van der Waals surface area contributed by atoms with Crippen LogP contribution in [0, 0.1) is 0 Å². The van der Waals surface area contributed by atoms with Crippen LogP contribution >= 0.6 is 0 Å². The van der Waals surface area contributed by atoms with Crippen molar-refractivity contribution in [2.24, 2.45) is 7.05 Å². The normalized spacial score (nSPS) is 12.7. The number of anilines is 1. The molecular formula is C15H19N5O. The summed E-state index contributed by atoms with van der Waals surface area (Å²) in [6.07, 6.45) is 3.64. The molecule has 1 unspecified atom stereocenters. The molecule has 0 amide bonds. The van der Waals surface area contributed by atoms with Gasteiger partial charge in [0.05, 0.1) is 42.1 Å². The van der Waals surface area contributed by atoms with Gasteiger partial charge >= 0.3 is 0 Å². The van der Waals surface area contributed by atoms with E-state index in [0.29, 0.717) is 6.54 Å². The van der Waals surface area contributed by atoms with Gasteiger partial charge in [-0.05, 0) is 19.1 Å². The number of fused-ring (bicyclic) bond motifs is 1. The molecule has 2 N–H and O–H groups in total. The first-order valence-electron chi connectivity index (χ1n) is 7.00. The Morgan fingerprint density at radius 3 is 2.90 bits per heavy atom. The van der Waals surface area contributed by atoms with E-state index in [2.05, 4.69) is 33.0 Å². The van der Waals surface area contributed by atoms with E-state index in [0.717, 1.165) is 22.5 Å². The fourth-order valence-electron chi connectivity index (χ4n) is 2.53. The summed E-state index contributed by atoms with van der Waals surface area (Å²) in [5, 5.41) is 16.5. The number of hydrogen-bond donors (Lipinski definition) is 2. The molecule has 6 heteroatoms. The van der Waals surface area contributed by atoms with Crippen LogP contribution < -0.4 is 5.32 Å². The van der Waals surface area contributed by atoms with E-state index in [4.69, 9.17) is 5.11 Å². The van der Waals surface area contributed by atoms with Crippen LogP contribution in [-0.4, -0.2) is 31.0 Å². The lowest BCUT2D eigenvalue weighted by Crippen LogP contribution is -2.11. The minimum Gasteiger partial charge on any atom is -0.394 e. The number of para-hydroxylation sites is 2. The molecule has 110 valence electrons. The third-order valence-corrected chi connectivity index (χ3v) is 3.55. The third kappa shape index (κ3) is 2.62. The minimum atomic E-state index is 0.0641. The fourth-order valence-corrected chi connectivity index (χ4v) is 2.53. The fraction of sp³-hybridized carbons (Fsp3) is 0.333. The van der Waals surface area contributed by atoms with Crippen molar-refractivity contribution in [1.82, 2.24) is 19.3 Å². The summed E-state index contributed by atoms with van der Waals surface area (Å²) in [5.41, 5.74) is 3.04. The van der Waals surface area contributed by atoms with Crippen LogP contribution in [0.3, 0.4) is 0 Å².